The molecule has 2 aromatic heterocycles. The zero-order valence-corrected chi connectivity index (χ0v) is 15.7. The fraction of sp³-hybridized carbons (Fsp3) is 0.222. The molecule has 4 rings (SSSR count). The number of aromatic nitrogens is 1. The summed E-state index contributed by atoms with van der Waals surface area (Å²) in [5.74, 6) is 0.0572. The second-order valence-corrected chi connectivity index (χ2v) is 7.94. The molecule has 7 nitrogen and oxygen atoms in total. The van der Waals surface area contributed by atoms with Crippen LogP contribution in [0.3, 0.4) is 0 Å². The van der Waals surface area contributed by atoms with Crippen molar-refractivity contribution >= 4 is 45.2 Å². The number of rotatable bonds is 4. The van der Waals surface area contributed by atoms with Gasteiger partial charge in [0.2, 0.25) is 11.8 Å². The Bertz CT molecular complexity index is 984. The summed E-state index contributed by atoms with van der Waals surface area (Å²) in [6, 6.07) is 10.6. The van der Waals surface area contributed by atoms with Gasteiger partial charge in [-0.2, -0.15) is 0 Å². The Morgan fingerprint density at radius 3 is 2.89 bits per heavy atom. The molecule has 2 atom stereocenters. The number of nitrogens with one attached hydrogen (secondary N) is 3. The van der Waals surface area contributed by atoms with E-state index in [2.05, 4.69) is 15.6 Å². The van der Waals surface area contributed by atoms with Crippen LogP contribution in [0.15, 0.2) is 36.4 Å². The van der Waals surface area contributed by atoms with E-state index in [-0.39, 0.29) is 24.5 Å². The standard InChI is InChI=1S/C18H17ClN4O3S/c19-13-6-10-7-15(23-17(10)27-13)26-18(25)21-12-5-9-3-1-2-4-11(9)16(12)22-14(24)8-20/h1-4,6-7,12,16,23H,5,8,20H2,(H,21,25)(H,22,24)/t12-,16-/m1/s1. The largest absolute Gasteiger partial charge is 0.414 e. The molecule has 2 amide bonds. The number of fused-ring (bicyclic) bond motifs is 2. The summed E-state index contributed by atoms with van der Waals surface area (Å²) >= 11 is 7.32. The van der Waals surface area contributed by atoms with Crippen LogP contribution < -0.4 is 21.1 Å². The maximum absolute atomic E-state index is 12.4. The zero-order valence-electron chi connectivity index (χ0n) is 14.1. The highest BCUT2D eigenvalue weighted by atomic mass is 35.5. The summed E-state index contributed by atoms with van der Waals surface area (Å²) in [7, 11) is 0. The van der Waals surface area contributed by atoms with Crippen LogP contribution in [-0.2, 0) is 11.2 Å². The summed E-state index contributed by atoms with van der Waals surface area (Å²) in [6.45, 7) is -0.113. The van der Waals surface area contributed by atoms with Crippen molar-refractivity contribution in [2.75, 3.05) is 6.54 Å². The molecule has 1 aromatic carbocycles. The lowest BCUT2D eigenvalue weighted by Gasteiger charge is -2.22. The van der Waals surface area contributed by atoms with E-state index in [4.69, 9.17) is 22.1 Å². The number of benzene rings is 1. The van der Waals surface area contributed by atoms with E-state index < -0.39 is 6.09 Å². The summed E-state index contributed by atoms with van der Waals surface area (Å²) in [5, 5.41) is 6.60. The third kappa shape index (κ3) is 3.64. The first kappa shape index (κ1) is 17.8. The molecule has 0 spiro atoms. The van der Waals surface area contributed by atoms with E-state index in [1.54, 1.807) is 12.1 Å². The van der Waals surface area contributed by atoms with Crippen molar-refractivity contribution in [3.63, 3.8) is 0 Å². The molecule has 27 heavy (non-hydrogen) atoms. The number of nitrogens with two attached hydrogens (primary N) is 1. The van der Waals surface area contributed by atoms with Gasteiger partial charge in [-0.3, -0.25) is 4.79 Å². The van der Waals surface area contributed by atoms with Crippen LogP contribution >= 0.6 is 22.9 Å². The molecule has 0 fully saturated rings. The molecule has 0 bridgehead atoms. The highest BCUT2D eigenvalue weighted by Crippen LogP contribution is 2.33. The van der Waals surface area contributed by atoms with Crippen LogP contribution in [0.5, 0.6) is 5.88 Å². The average molecular weight is 405 g/mol. The lowest BCUT2D eigenvalue weighted by atomic mass is 10.1. The molecule has 9 heteroatoms. The molecule has 3 aromatic rings. The molecule has 0 saturated carbocycles. The smallest absolute Gasteiger partial charge is 0.393 e. The van der Waals surface area contributed by atoms with Crippen molar-refractivity contribution in [1.29, 1.82) is 0 Å². The first-order valence-electron chi connectivity index (χ1n) is 8.37. The Hall–Kier alpha value is -2.55. The van der Waals surface area contributed by atoms with Crippen molar-refractivity contribution in [1.82, 2.24) is 15.6 Å². The van der Waals surface area contributed by atoms with Crippen molar-refractivity contribution < 1.29 is 14.3 Å². The Balaban J connectivity index is 1.47. The van der Waals surface area contributed by atoms with E-state index in [1.165, 1.54) is 11.3 Å². The van der Waals surface area contributed by atoms with Crippen LogP contribution in [0.4, 0.5) is 4.79 Å². The van der Waals surface area contributed by atoms with Crippen molar-refractivity contribution in [2.24, 2.45) is 5.73 Å². The Morgan fingerprint density at radius 2 is 2.11 bits per heavy atom. The van der Waals surface area contributed by atoms with E-state index in [0.717, 1.165) is 21.3 Å². The summed E-state index contributed by atoms with van der Waals surface area (Å²) in [5.41, 5.74) is 7.46. The molecule has 0 unspecified atom stereocenters. The molecule has 1 aliphatic rings. The molecule has 140 valence electrons. The van der Waals surface area contributed by atoms with Crippen molar-refractivity contribution in [2.45, 2.75) is 18.5 Å². The number of hydrogen-bond acceptors (Lipinski definition) is 5. The van der Waals surface area contributed by atoms with Gasteiger partial charge in [0.1, 0.15) is 4.83 Å². The van der Waals surface area contributed by atoms with Crippen molar-refractivity contribution in [3.8, 4) is 5.88 Å². The average Bonchev–Trinajstić information content (AvgIpc) is 3.26. The van der Waals surface area contributed by atoms with Gasteiger partial charge in [-0.1, -0.05) is 35.9 Å². The number of thiophene rings is 1. The number of halogens is 1. The number of carbonyl (C=O) groups is 2. The minimum Gasteiger partial charge on any atom is -0.393 e. The minimum atomic E-state index is -0.597. The number of ether oxygens (including phenoxy) is 1. The number of amides is 2. The van der Waals surface area contributed by atoms with Gasteiger partial charge in [0.05, 0.1) is 23.0 Å². The van der Waals surface area contributed by atoms with E-state index in [9.17, 15) is 9.59 Å². The van der Waals surface area contributed by atoms with E-state index in [0.29, 0.717) is 16.6 Å². The van der Waals surface area contributed by atoms with Gasteiger partial charge in [-0.15, -0.1) is 11.3 Å². The molecule has 0 saturated heterocycles. The summed E-state index contributed by atoms with van der Waals surface area (Å²) in [6.07, 6.45) is -0.00394. The zero-order chi connectivity index (χ0) is 19.0. The molecule has 0 aliphatic heterocycles. The molecule has 1 aliphatic carbocycles. The third-order valence-electron chi connectivity index (χ3n) is 4.49. The molecular formula is C18H17ClN4O3S. The SMILES string of the molecule is NCC(=O)N[C@@H]1c2ccccc2C[C@H]1NC(=O)Oc1cc2cc(Cl)sc2[nH]1. The Kier molecular flexibility index (Phi) is 4.77. The highest BCUT2D eigenvalue weighted by molar-refractivity contribution is 7.22. The maximum atomic E-state index is 12.4. The van der Waals surface area contributed by atoms with Crippen LogP contribution in [0.1, 0.15) is 17.2 Å². The van der Waals surface area contributed by atoms with Crippen LogP contribution in [0, 0.1) is 0 Å². The second kappa shape index (κ2) is 7.22. The van der Waals surface area contributed by atoms with Gasteiger partial charge in [-0.25, -0.2) is 4.79 Å². The van der Waals surface area contributed by atoms with Crippen LogP contribution in [0.25, 0.3) is 10.2 Å². The molecule has 0 radical (unpaired) electrons. The molecule has 2 heterocycles. The quantitative estimate of drug-likeness (QED) is 0.536. The normalized spacial score (nSPS) is 18.3. The highest BCUT2D eigenvalue weighted by Gasteiger charge is 2.34. The predicted molar refractivity (Wildman–Crippen MR) is 104 cm³/mol. The number of H-pyrrole nitrogens is 1. The lowest BCUT2D eigenvalue weighted by Crippen LogP contribution is -2.46. The monoisotopic (exact) mass is 404 g/mol. The topological polar surface area (TPSA) is 109 Å². The first-order valence-corrected chi connectivity index (χ1v) is 9.56. The first-order chi connectivity index (χ1) is 13.0. The number of carbonyl (C=O) groups excluding carboxylic acids is 2. The fourth-order valence-corrected chi connectivity index (χ4v) is 4.46. The minimum absolute atomic E-state index is 0.113. The van der Waals surface area contributed by atoms with Crippen LogP contribution in [0.2, 0.25) is 4.34 Å². The number of hydrogen-bond donors (Lipinski definition) is 4. The van der Waals surface area contributed by atoms with Gasteiger partial charge in [0.25, 0.3) is 0 Å². The van der Waals surface area contributed by atoms with Crippen LogP contribution in [-0.4, -0.2) is 29.6 Å². The van der Waals surface area contributed by atoms with Gasteiger partial charge in [-0.05, 0) is 23.6 Å². The number of aromatic amines is 1. The Labute approximate surface area is 163 Å². The van der Waals surface area contributed by atoms with Crippen molar-refractivity contribution in [3.05, 3.63) is 51.9 Å². The Morgan fingerprint density at radius 1 is 1.30 bits per heavy atom. The van der Waals surface area contributed by atoms with E-state index >= 15 is 0 Å². The fourth-order valence-electron chi connectivity index (χ4n) is 3.34. The second-order valence-electron chi connectivity index (χ2n) is 6.26. The van der Waals surface area contributed by atoms with Gasteiger partial charge >= 0.3 is 6.09 Å². The van der Waals surface area contributed by atoms with Gasteiger partial charge in [0.15, 0.2) is 0 Å². The summed E-state index contributed by atoms with van der Waals surface area (Å²) < 4.78 is 6.02. The molecule has 5 N–H and O–H groups in total. The lowest BCUT2D eigenvalue weighted by molar-refractivity contribution is -0.120. The summed E-state index contributed by atoms with van der Waals surface area (Å²) in [4.78, 5) is 28.0. The van der Waals surface area contributed by atoms with Gasteiger partial charge < -0.3 is 26.1 Å². The van der Waals surface area contributed by atoms with E-state index in [1.807, 2.05) is 24.3 Å². The third-order valence-corrected chi connectivity index (χ3v) is 5.69. The molecular weight excluding hydrogens is 388 g/mol. The predicted octanol–water partition coefficient (Wildman–Crippen LogP) is 2.71. The van der Waals surface area contributed by atoms with Gasteiger partial charge in [0, 0.05) is 11.5 Å². The maximum Gasteiger partial charge on any atom is 0.414 e.